The minimum Gasteiger partial charge on any atom is -0.338 e. The summed E-state index contributed by atoms with van der Waals surface area (Å²) in [6, 6.07) is 8.65. The van der Waals surface area contributed by atoms with E-state index in [0.29, 0.717) is 5.89 Å². The lowest BCUT2D eigenvalue weighted by atomic mass is 9.96. The van der Waals surface area contributed by atoms with E-state index in [-0.39, 0.29) is 6.04 Å². The monoisotopic (exact) mass is 289 g/mol. The van der Waals surface area contributed by atoms with Gasteiger partial charge in [-0.25, -0.2) is 0 Å². The highest BCUT2D eigenvalue weighted by atomic mass is 32.2. The van der Waals surface area contributed by atoms with Crippen LogP contribution in [0.5, 0.6) is 0 Å². The molecule has 0 aliphatic carbocycles. The van der Waals surface area contributed by atoms with Crippen molar-refractivity contribution in [2.75, 3.05) is 5.75 Å². The smallest absolute Gasteiger partial charge is 0.244 e. The molecule has 2 heterocycles. The first kappa shape index (κ1) is 13.6. The summed E-state index contributed by atoms with van der Waals surface area (Å²) in [4.78, 5) is 4.52. The van der Waals surface area contributed by atoms with Crippen LogP contribution in [0.15, 0.2) is 28.8 Å². The summed E-state index contributed by atoms with van der Waals surface area (Å²) >= 11 is 1.85. The van der Waals surface area contributed by atoms with Gasteiger partial charge in [-0.1, -0.05) is 36.3 Å². The molecule has 0 fully saturated rings. The van der Waals surface area contributed by atoms with Crippen molar-refractivity contribution in [3.63, 3.8) is 0 Å². The Morgan fingerprint density at radius 1 is 1.35 bits per heavy atom. The standard InChI is InChI=1S/C15H19N3OS/c1-2-7-20-10-14-17-15(19-18-14)13-8-11-5-3-4-6-12(11)9-16-13/h3-6,13,16H,2,7-10H2,1H3. The van der Waals surface area contributed by atoms with Crippen molar-refractivity contribution in [1.82, 2.24) is 15.5 Å². The second-order valence-corrected chi connectivity index (χ2v) is 6.11. The Balaban J connectivity index is 1.66. The van der Waals surface area contributed by atoms with E-state index in [4.69, 9.17) is 4.52 Å². The third-order valence-corrected chi connectivity index (χ3v) is 4.60. The fourth-order valence-corrected chi connectivity index (χ4v) is 3.14. The lowest BCUT2D eigenvalue weighted by Gasteiger charge is -2.23. The van der Waals surface area contributed by atoms with E-state index in [1.807, 2.05) is 11.8 Å². The molecule has 1 aromatic carbocycles. The molecule has 1 aromatic heterocycles. The van der Waals surface area contributed by atoms with Gasteiger partial charge in [0.15, 0.2) is 5.82 Å². The highest BCUT2D eigenvalue weighted by molar-refractivity contribution is 7.98. The predicted octanol–water partition coefficient (Wildman–Crippen LogP) is 3.10. The summed E-state index contributed by atoms with van der Waals surface area (Å²) in [6.07, 6.45) is 2.09. The molecule has 106 valence electrons. The van der Waals surface area contributed by atoms with Crippen LogP contribution in [0.3, 0.4) is 0 Å². The molecule has 0 spiro atoms. The number of benzene rings is 1. The van der Waals surface area contributed by atoms with E-state index < -0.39 is 0 Å². The van der Waals surface area contributed by atoms with Gasteiger partial charge in [0.05, 0.1) is 11.8 Å². The average Bonchev–Trinajstić information content (AvgIpc) is 2.96. The van der Waals surface area contributed by atoms with Crippen LogP contribution in [0.25, 0.3) is 0 Å². The number of hydrogen-bond donors (Lipinski definition) is 1. The predicted molar refractivity (Wildman–Crippen MR) is 80.5 cm³/mol. The molecule has 2 aromatic rings. The lowest BCUT2D eigenvalue weighted by molar-refractivity contribution is 0.319. The Morgan fingerprint density at radius 2 is 2.20 bits per heavy atom. The van der Waals surface area contributed by atoms with Gasteiger partial charge >= 0.3 is 0 Å². The Kier molecular flexibility index (Phi) is 4.38. The van der Waals surface area contributed by atoms with Crippen molar-refractivity contribution in [3.05, 3.63) is 47.1 Å². The highest BCUT2D eigenvalue weighted by Gasteiger charge is 2.23. The number of nitrogens with zero attached hydrogens (tertiary/aromatic N) is 2. The maximum atomic E-state index is 5.41. The molecule has 4 nitrogen and oxygen atoms in total. The molecule has 0 saturated heterocycles. The quantitative estimate of drug-likeness (QED) is 0.857. The molecule has 1 aliphatic heterocycles. The first-order valence-electron chi connectivity index (χ1n) is 7.07. The lowest BCUT2D eigenvalue weighted by Crippen LogP contribution is -2.28. The first-order valence-corrected chi connectivity index (χ1v) is 8.22. The Bertz CT molecular complexity index is 570. The molecule has 20 heavy (non-hydrogen) atoms. The van der Waals surface area contributed by atoms with Gasteiger partial charge in [-0.05, 0) is 29.7 Å². The SMILES string of the molecule is CCCSCc1noc(C2Cc3ccccc3CN2)n1. The van der Waals surface area contributed by atoms with Gasteiger partial charge in [-0.3, -0.25) is 0 Å². The molecule has 0 bridgehead atoms. The topological polar surface area (TPSA) is 51.0 Å². The largest absolute Gasteiger partial charge is 0.338 e. The van der Waals surface area contributed by atoms with Crippen LogP contribution in [0.2, 0.25) is 0 Å². The summed E-state index contributed by atoms with van der Waals surface area (Å²) in [5, 5.41) is 7.54. The molecule has 1 unspecified atom stereocenters. The van der Waals surface area contributed by atoms with Gasteiger partial charge in [0.25, 0.3) is 0 Å². The van der Waals surface area contributed by atoms with E-state index in [0.717, 1.165) is 30.3 Å². The van der Waals surface area contributed by atoms with Gasteiger partial charge in [0, 0.05) is 6.54 Å². The van der Waals surface area contributed by atoms with Crippen molar-refractivity contribution >= 4 is 11.8 Å². The summed E-state index contributed by atoms with van der Waals surface area (Å²) in [7, 11) is 0. The second kappa shape index (κ2) is 6.41. The van der Waals surface area contributed by atoms with E-state index in [1.54, 1.807) is 0 Å². The fraction of sp³-hybridized carbons (Fsp3) is 0.467. The number of thioether (sulfide) groups is 1. The van der Waals surface area contributed by atoms with Crippen LogP contribution < -0.4 is 5.32 Å². The molecule has 1 N–H and O–H groups in total. The molecule has 3 rings (SSSR count). The number of rotatable bonds is 5. The molecular formula is C15H19N3OS. The summed E-state index contributed by atoms with van der Waals surface area (Å²) in [5.41, 5.74) is 2.73. The van der Waals surface area contributed by atoms with E-state index in [2.05, 4.69) is 46.6 Å². The van der Waals surface area contributed by atoms with E-state index in [1.165, 1.54) is 17.5 Å². The van der Waals surface area contributed by atoms with Crippen molar-refractivity contribution in [2.24, 2.45) is 0 Å². The van der Waals surface area contributed by atoms with Crippen LogP contribution in [0, 0.1) is 0 Å². The highest BCUT2D eigenvalue weighted by Crippen LogP contribution is 2.25. The van der Waals surface area contributed by atoms with Crippen molar-refractivity contribution in [2.45, 2.75) is 38.1 Å². The molecule has 0 radical (unpaired) electrons. The van der Waals surface area contributed by atoms with Crippen LogP contribution in [0.1, 0.15) is 42.2 Å². The Labute approximate surface area is 123 Å². The summed E-state index contributed by atoms with van der Waals surface area (Å²) in [6.45, 7) is 3.04. The van der Waals surface area contributed by atoms with E-state index >= 15 is 0 Å². The minimum absolute atomic E-state index is 0.141. The van der Waals surface area contributed by atoms with Gasteiger partial charge in [0.2, 0.25) is 5.89 Å². The Morgan fingerprint density at radius 3 is 3.05 bits per heavy atom. The zero-order chi connectivity index (χ0) is 13.8. The van der Waals surface area contributed by atoms with Gasteiger partial charge in [-0.15, -0.1) is 0 Å². The van der Waals surface area contributed by atoms with Gasteiger partial charge in [-0.2, -0.15) is 16.7 Å². The minimum atomic E-state index is 0.141. The maximum absolute atomic E-state index is 5.41. The Hall–Kier alpha value is -1.33. The molecule has 0 amide bonds. The van der Waals surface area contributed by atoms with Gasteiger partial charge in [0.1, 0.15) is 0 Å². The molecule has 1 atom stereocenters. The normalized spacial score (nSPS) is 17.9. The molecular weight excluding hydrogens is 270 g/mol. The first-order chi connectivity index (χ1) is 9.86. The van der Waals surface area contributed by atoms with Gasteiger partial charge < -0.3 is 9.84 Å². The number of aromatic nitrogens is 2. The van der Waals surface area contributed by atoms with Crippen LogP contribution in [-0.2, 0) is 18.7 Å². The molecule has 0 saturated carbocycles. The van der Waals surface area contributed by atoms with E-state index in [9.17, 15) is 0 Å². The van der Waals surface area contributed by atoms with Crippen molar-refractivity contribution in [1.29, 1.82) is 0 Å². The zero-order valence-corrected chi connectivity index (χ0v) is 12.4. The number of hydrogen-bond acceptors (Lipinski definition) is 5. The second-order valence-electron chi connectivity index (χ2n) is 5.01. The van der Waals surface area contributed by atoms with Crippen molar-refractivity contribution < 1.29 is 4.52 Å². The van der Waals surface area contributed by atoms with Crippen LogP contribution >= 0.6 is 11.8 Å². The van der Waals surface area contributed by atoms with Crippen LogP contribution in [-0.4, -0.2) is 15.9 Å². The number of fused-ring (bicyclic) bond motifs is 1. The average molecular weight is 289 g/mol. The summed E-state index contributed by atoms with van der Waals surface area (Å²) in [5.74, 6) is 3.49. The number of nitrogens with one attached hydrogen (secondary N) is 1. The third-order valence-electron chi connectivity index (χ3n) is 3.44. The molecule has 1 aliphatic rings. The zero-order valence-electron chi connectivity index (χ0n) is 11.6. The van der Waals surface area contributed by atoms with Crippen molar-refractivity contribution in [3.8, 4) is 0 Å². The fourth-order valence-electron chi connectivity index (χ4n) is 2.40. The summed E-state index contributed by atoms with van der Waals surface area (Å²) < 4.78 is 5.41. The van der Waals surface area contributed by atoms with Crippen LogP contribution in [0.4, 0.5) is 0 Å². The third kappa shape index (κ3) is 3.04. The maximum Gasteiger partial charge on any atom is 0.244 e. The molecule has 5 heteroatoms.